The fourth-order valence-electron chi connectivity index (χ4n) is 3.14. The van der Waals surface area contributed by atoms with Crippen LogP contribution in [-0.4, -0.2) is 18.5 Å². The van der Waals surface area contributed by atoms with Gasteiger partial charge in [-0.3, -0.25) is 0 Å². The van der Waals surface area contributed by atoms with Crippen LogP contribution in [0.25, 0.3) is 0 Å². The van der Waals surface area contributed by atoms with Gasteiger partial charge in [-0.25, -0.2) is 8.78 Å². The van der Waals surface area contributed by atoms with Crippen LogP contribution in [0.4, 0.5) is 8.78 Å². The lowest BCUT2D eigenvalue weighted by Crippen LogP contribution is -2.31. The number of nitrogens with one attached hydrogen (secondary N) is 1. The Kier molecular flexibility index (Phi) is 4.06. The molecule has 2 saturated carbocycles. The summed E-state index contributed by atoms with van der Waals surface area (Å²) in [7, 11) is 0. The van der Waals surface area contributed by atoms with Gasteiger partial charge in [-0.05, 0) is 44.6 Å². The Hall–Kier alpha value is -0.180. The summed E-state index contributed by atoms with van der Waals surface area (Å²) in [4.78, 5) is 0. The fraction of sp³-hybridized carbons (Fsp3) is 1.00. The van der Waals surface area contributed by atoms with E-state index < -0.39 is 5.92 Å². The SMILES string of the molecule is CC(C)CCNC1CCCC2C(CC1)C2(F)F. The van der Waals surface area contributed by atoms with E-state index in [1.54, 1.807) is 0 Å². The zero-order chi connectivity index (χ0) is 12.5. The molecule has 0 aromatic heterocycles. The van der Waals surface area contributed by atoms with Gasteiger partial charge in [0.25, 0.3) is 5.92 Å². The third kappa shape index (κ3) is 3.18. The van der Waals surface area contributed by atoms with E-state index in [1.165, 1.54) is 6.42 Å². The molecule has 0 bridgehead atoms. The van der Waals surface area contributed by atoms with Gasteiger partial charge < -0.3 is 5.32 Å². The Bertz CT molecular complexity index is 253. The predicted octanol–water partition coefficient (Wildman–Crippen LogP) is 3.84. The first-order valence-corrected chi connectivity index (χ1v) is 7.13. The first kappa shape index (κ1) is 13.3. The minimum atomic E-state index is -2.33. The highest BCUT2D eigenvalue weighted by atomic mass is 19.3. The topological polar surface area (TPSA) is 12.0 Å². The summed E-state index contributed by atoms with van der Waals surface area (Å²) in [5, 5.41) is 3.54. The Morgan fingerprint density at radius 2 is 1.82 bits per heavy atom. The van der Waals surface area contributed by atoms with Crippen LogP contribution in [0, 0.1) is 17.8 Å². The van der Waals surface area contributed by atoms with E-state index in [4.69, 9.17) is 0 Å². The van der Waals surface area contributed by atoms with E-state index in [0.29, 0.717) is 12.0 Å². The molecule has 100 valence electrons. The van der Waals surface area contributed by atoms with Crippen molar-refractivity contribution in [3.8, 4) is 0 Å². The average molecular weight is 245 g/mol. The molecule has 0 aliphatic heterocycles. The molecule has 1 nitrogen and oxygen atoms in total. The highest BCUT2D eigenvalue weighted by molar-refractivity contribution is 5.05. The molecule has 3 heteroatoms. The molecular formula is C14H25F2N. The predicted molar refractivity (Wildman–Crippen MR) is 66.3 cm³/mol. The molecule has 2 fully saturated rings. The summed E-state index contributed by atoms with van der Waals surface area (Å²) in [5.41, 5.74) is 0. The van der Waals surface area contributed by atoms with Gasteiger partial charge in [0.1, 0.15) is 0 Å². The third-order valence-corrected chi connectivity index (χ3v) is 4.41. The van der Waals surface area contributed by atoms with Crippen LogP contribution in [0.3, 0.4) is 0 Å². The molecule has 1 N–H and O–H groups in total. The summed E-state index contributed by atoms with van der Waals surface area (Å²) in [6, 6.07) is 0.478. The van der Waals surface area contributed by atoms with Gasteiger partial charge in [0, 0.05) is 17.9 Å². The maximum atomic E-state index is 13.3. The second-order valence-electron chi connectivity index (χ2n) is 6.23. The third-order valence-electron chi connectivity index (χ3n) is 4.41. The normalized spacial score (nSPS) is 36.2. The fourth-order valence-corrected chi connectivity index (χ4v) is 3.14. The van der Waals surface area contributed by atoms with E-state index in [-0.39, 0.29) is 11.8 Å². The minimum Gasteiger partial charge on any atom is -0.314 e. The second-order valence-corrected chi connectivity index (χ2v) is 6.23. The summed E-state index contributed by atoms with van der Waals surface area (Å²) in [5.74, 6) is -2.18. The van der Waals surface area contributed by atoms with Crippen LogP contribution < -0.4 is 5.32 Å². The van der Waals surface area contributed by atoms with Gasteiger partial charge in [-0.1, -0.05) is 20.3 Å². The molecule has 0 aromatic rings. The van der Waals surface area contributed by atoms with Crippen molar-refractivity contribution in [2.45, 2.75) is 64.3 Å². The van der Waals surface area contributed by atoms with Crippen molar-refractivity contribution in [1.82, 2.24) is 5.32 Å². The number of hydrogen-bond acceptors (Lipinski definition) is 1. The highest BCUT2D eigenvalue weighted by Gasteiger charge is 2.66. The number of alkyl halides is 2. The lowest BCUT2D eigenvalue weighted by atomic mass is 9.96. The van der Waals surface area contributed by atoms with Gasteiger partial charge in [0.05, 0.1) is 0 Å². The summed E-state index contributed by atoms with van der Waals surface area (Å²) in [6.45, 7) is 5.47. The Balaban J connectivity index is 1.71. The average Bonchev–Trinajstić information content (AvgIpc) is 2.69. The van der Waals surface area contributed by atoms with Crippen LogP contribution in [0.1, 0.15) is 52.4 Å². The maximum Gasteiger partial charge on any atom is 0.254 e. The quantitative estimate of drug-likeness (QED) is 0.793. The van der Waals surface area contributed by atoms with Crippen molar-refractivity contribution in [1.29, 1.82) is 0 Å². The molecule has 0 radical (unpaired) electrons. The smallest absolute Gasteiger partial charge is 0.254 e. The molecule has 0 spiro atoms. The van der Waals surface area contributed by atoms with Crippen molar-refractivity contribution in [2.24, 2.45) is 17.8 Å². The molecule has 2 aliphatic rings. The lowest BCUT2D eigenvalue weighted by molar-refractivity contribution is 0.0817. The Morgan fingerprint density at radius 3 is 2.53 bits per heavy atom. The lowest BCUT2D eigenvalue weighted by Gasteiger charge is -2.20. The number of halogens is 2. The molecule has 17 heavy (non-hydrogen) atoms. The van der Waals surface area contributed by atoms with E-state index in [1.807, 2.05) is 0 Å². The number of hydrogen-bond donors (Lipinski definition) is 1. The van der Waals surface area contributed by atoms with E-state index >= 15 is 0 Å². The Labute approximate surface area is 103 Å². The Morgan fingerprint density at radius 1 is 1.12 bits per heavy atom. The zero-order valence-electron chi connectivity index (χ0n) is 11.0. The maximum absolute atomic E-state index is 13.3. The molecule has 2 aliphatic carbocycles. The van der Waals surface area contributed by atoms with Crippen LogP contribution in [0.15, 0.2) is 0 Å². The molecule has 3 atom stereocenters. The van der Waals surface area contributed by atoms with Crippen molar-refractivity contribution in [2.75, 3.05) is 6.54 Å². The second kappa shape index (κ2) is 5.21. The number of fused-ring (bicyclic) bond motifs is 1. The molecule has 0 aromatic carbocycles. The molecule has 0 heterocycles. The number of rotatable bonds is 4. The van der Waals surface area contributed by atoms with Crippen LogP contribution in [0.2, 0.25) is 0 Å². The van der Waals surface area contributed by atoms with E-state index in [2.05, 4.69) is 19.2 Å². The van der Waals surface area contributed by atoms with E-state index in [9.17, 15) is 8.78 Å². The van der Waals surface area contributed by atoms with Crippen LogP contribution in [0.5, 0.6) is 0 Å². The molecular weight excluding hydrogens is 220 g/mol. The summed E-state index contributed by atoms with van der Waals surface area (Å²) in [6.07, 6.45) is 5.62. The molecule has 2 rings (SSSR count). The minimum absolute atomic E-state index is 0.279. The van der Waals surface area contributed by atoms with Gasteiger partial charge in [-0.2, -0.15) is 0 Å². The molecule has 0 amide bonds. The standard InChI is InChI=1S/C14H25F2N/c1-10(2)8-9-17-11-4-3-5-12-13(7-6-11)14(12,15)16/h10-13,17H,3-9H2,1-2H3. The monoisotopic (exact) mass is 245 g/mol. The highest BCUT2D eigenvalue weighted by Crippen LogP contribution is 2.60. The molecule has 0 saturated heterocycles. The van der Waals surface area contributed by atoms with Crippen LogP contribution >= 0.6 is 0 Å². The van der Waals surface area contributed by atoms with Crippen molar-refractivity contribution in [3.63, 3.8) is 0 Å². The van der Waals surface area contributed by atoms with Crippen LogP contribution in [-0.2, 0) is 0 Å². The van der Waals surface area contributed by atoms with Crippen molar-refractivity contribution >= 4 is 0 Å². The van der Waals surface area contributed by atoms with Gasteiger partial charge in [0.2, 0.25) is 0 Å². The van der Waals surface area contributed by atoms with Gasteiger partial charge >= 0.3 is 0 Å². The summed E-state index contributed by atoms with van der Waals surface area (Å²) >= 11 is 0. The largest absolute Gasteiger partial charge is 0.314 e. The molecule has 3 unspecified atom stereocenters. The first-order chi connectivity index (χ1) is 8.01. The van der Waals surface area contributed by atoms with Gasteiger partial charge in [0.15, 0.2) is 0 Å². The van der Waals surface area contributed by atoms with E-state index in [0.717, 1.165) is 38.6 Å². The zero-order valence-corrected chi connectivity index (χ0v) is 11.0. The first-order valence-electron chi connectivity index (χ1n) is 7.13. The van der Waals surface area contributed by atoms with Crippen molar-refractivity contribution in [3.05, 3.63) is 0 Å². The van der Waals surface area contributed by atoms with Crippen molar-refractivity contribution < 1.29 is 8.78 Å². The summed E-state index contributed by atoms with van der Waals surface area (Å²) < 4.78 is 26.7. The van der Waals surface area contributed by atoms with Gasteiger partial charge in [-0.15, -0.1) is 0 Å².